The maximum atomic E-state index is 12.2. The number of nitriles is 1. The third kappa shape index (κ3) is 3.51. The first-order chi connectivity index (χ1) is 9.63. The van der Waals surface area contributed by atoms with Gasteiger partial charge >= 0.3 is 0 Å². The largest absolute Gasteiger partial charge is 0.483 e. The Bertz CT molecular complexity index is 510. The number of nitrogens with zero attached hydrogens (tertiary/aromatic N) is 2. The van der Waals surface area contributed by atoms with Gasteiger partial charge < -0.3 is 9.64 Å². The topological polar surface area (TPSA) is 53.3 Å². The highest BCUT2D eigenvalue weighted by molar-refractivity contribution is 5.78. The van der Waals surface area contributed by atoms with Gasteiger partial charge in [-0.25, -0.2) is 0 Å². The molecule has 0 N–H and O–H groups in total. The molecule has 1 aromatic carbocycles. The number of rotatable bonds is 6. The Kier molecular flexibility index (Phi) is 4.62. The molecule has 0 heterocycles. The van der Waals surface area contributed by atoms with Crippen LogP contribution < -0.4 is 4.74 Å². The number of aryl methyl sites for hydroxylation is 2. The Morgan fingerprint density at radius 3 is 2.60 bits per heavy atom. The highest BCUT2D eigenvalue weighted by Crippen LogP contribution is 2.27. The third-order valence-corrected chi connectivity index (χ3v) is 3.52. The molecular weight excluding hydrogens is 252 g/mol. The summed E-state index contributed by atoms with van der Waals surface area (Å²) in [7, 11) is 0. The fourth-order valence-corrected chi connectivity index (χ4v) is 2.31. The lowest BCUT2D eigenvalue weighted by atomic mass is 10.1. The summed E-state index contributed by atoms with van der Waals surface area (Å²) >= 11 is 0. The molecule has 1 aliphatic rings. The molecule has 0 saturated heterocycles. The maximum absolute atomic E-state index is 12.2. The smallest absolute Gasteiger partial charge is 0.260 e. The van der Waals surface area contributed by atoms with Gasteiger partial charge in [-0.3, -0.25) is 4.79 Å². The highest BCUT2D eigenvalue weighted by Gasteiger charge is 2.32. The quantitative estimate of drug-likeness (QED) is 0.799. The molecule has 1 amide bonds. The molecule has 0 aromatic heterocycles. The summed E-state index contributed by atoms with van der Waals surface area (Å²) in [5, 5.41) is 8.66. The van der Waals surface area contributed by atoms with Crippen molar-refractivity contribution in [2.75, 3.05) is 13.2 Å². The molecule has 0 unspecified atom stereocenters. The molecule has 106 valence electrons. The van der Waals surface area contributed by atoms with Gasteiger partial charge in [-0.1, -0.05) is 18.2 Å². The Balaban J connectivity index is 1.95. The van der Waals surface area contributed by atoms with Gasteiger partial charge in [0.1, 0.15) is 5.75 Å². The van der Waals surface area contributed by atoms with Crippen LogP contribution in [0.3, 0.4) is 0 Å². The molecule has 2 rings (SSSR count). The molecule has 0 aliphatic heterocycles. The van der Waals surface area contributed by atoms with Crippen LogP contribution in [0, 0.1) is 25.2 Å². The first kappa shape index (κ1) is 14.4. The summed E-state index contributed by atoms with van der Waals surface area (Å²) in [6, 6.07) is 8.33. The Labute approximate surface area is 120 Å². The molecule has 0 atom stereocenters. The van der Waals surface area contributed by atoms with Crippen LogP contribution in [-0.4, -0.2) is 30.0 Å². The minimum atomic E-state index is -0.0228. The molecule has 1 fully saturated rings. The molecule has 0 bridgehead atoms. The lowest BCUT2D eigenvalue weighted by Crippen LogP contribution is -2.37. The number of carbonyl (C=O) groups excluding carboxylic acids is 1. The Morgan fingerprint density at radius 2 is 2.05 bits per heavy atom. The van der Waals surface area contributed by atoms with Crippen LogP contribution in [0.1, 0.15) is 30.4 Å². The van der Waals surface area contributed by atoms with Crippen molar-refractivity contribution in [3.63, 3.8) is 0 Å². The molecular formula is C16H20N2O2. The third-order valence-electron chi connectivity index (χ3n) is 3.52. The van der Waals surface area contributed by atoms with Crippen LogP contribution in [0.4, 0.5) is 0 Å². The van der Waals surface area contributed by atoms with Gasteiger partial charge in [-0.05, 0) is 37.8 Å². The fourth-order valence-electron chi connectivity index (χ4n) is 2.31. The van der Waals surface area contributed by atoms with Crippen LogP contribution in [0.5, 0.6) is 5.75 Å². The minimum Gasteiger partial charge on any atom is -0.483 e. The van der Waals surface area contributed by atoms with E-state index in [1.807, 2.05) is 32.0 Å². The first-order valence-electron chi connectivity index (χ1n) is 6.99. The average molecular weight is 272 g/mol. The number of ether oxygens (including phenoxy) is 1. The van der Waals surface area contributed by atoms with Crippen molar-refractivity contribution in [3.8, 4) is 11.8 Å². The highest BCUT2D eigenvalue weighted by atomic mass is 16.5. The van der Waals surface area contributed by atoms with Crippen molar-refractivity contribution in [2.24, 2.45) is 0 Å². The molecule has 1 aliphatic carbocycles. The molecule has 4 heteroatoms. The number of hydrogen-bond donors (Lipinski definition) is 0. The van der Waals surface area contributed by atoms with Crippen LogP contribution in [-0.2, 0) is 4.79 Å². The number of carbonyl (C=O) groups is 1. The molecule has 1 saturated carbocycles. The van der Waals surface area contributed by atoms with Crippen molar-refractivity contribution < 1.29 is 9.53 Å². The van der Waals surface area contributed by atoms with Crippen molar-refractivity contribution in [2.45, 2.75) is 39.2 Å². The van der Waals surface area contributed by atoms with E-state index in [9.17, 15) is 4.79 Å². The molecule has 1 aromatic rings. The number of benzene rings is 1. The number of amides is 1. The van der Waals surface area contributed by atoms with Crippen LogP contribution in [0.2, 0.25) is 0 Å². The minimum absolute atomic E-state index is 0.0228. The lowest BCUT2D eigenvalue weighted by molar-refractivity contribution is -0.133. The summed E-state index contributed by atoms with van der Waals surface area (Å²) in [6.07, 6.45) is 2.47. The Hall–Kier alpha value is -2.02. The van der Waals surface area contributed by atoms with E-state index in [4.69, 9.17) is 10.00 Å². The van der Waals surface area contributed by atoms with E-state index in [-0.39, 0.29) is 12.5 Å². The van der Waals surface area contributed by atoms with E-state index in [0.717, 1.165) is 29.7 Å². The van der Waals surface area contributed by atoms with E-state index in [0.29, 0.717) is 19.0 Å². The van der Waals surface area contributed by atoms with Crippen LogP contribution in [0.25, 0.3) is 0 Å². The zero-order valence-electron chi connectivity index (χ0n) is 12.1. The lowest BCUT2D eigenvalue weighted by Gasteiger charge is -2.22. The Morgan fingerprint density at radius 1 is 1.40 bits per heavy atom. The van der Waals surface area contributed by atoms with Gasteiger partial charge in [0.15, 0.2) is 6.61 Å². The number of para-hydroxylation sites is 1. The van der Waals surface area contributed by atoms with Gasteiger partial charge in [-0.15, -0.1) is 0 Å². The van der Waals surface area contributed by atoms with Gasteiger partial charge in [0.2, 0.25) is 0 Å². The standard InChI is InChI=1S/C16H20N2O2/c1-12-5-3-6-13(2)16(12)20-11-15(19)18(10-4-9-17)14-7-8-14/h3,5-6,14H,4,7-8,10-11H2,1-2H3. The van der Waals surface area contributed by atoms with Crippen molar-refractivity contribution in [1.82, 2.24) is 4.90 Å². The maximum Gasteiger partial charge on any atom is 0.260 e. The molecule has 20 heavy (non-hydrogen) atoms. The van der Waals surface area contributed by atoms with Crippen molar-refractivity contribution in [3.05, 3.63) is 29.3 Å². The molecule has 4 nitrogen and oxygen atoms in total. The second-order valence-corrected chi connectivity index (χ2v) is 5.24. The summed E-state index contributed by atoms with van der Waals surface area (Å²) < 4.78 is 5.69. The second-order valence-electron chi connectivity index (χ2n) is 5.24. The zero-order valence-corrected chi connectivity index (χ0v) is 12.1. The van der Waals surface area contributed by atoms with Crippen molar-refractivity contribution >= 4 is 5.91 Å². The second kappa shape index (κ2) is 6.42. The summed E-state index contributed by atoms with van der Waals surface area (Å²) in [6.45, 7) is 4.51. The van der Waals surface area contributed by atoms with Crippen LogP contribution >= 0.6 is 0 Å². The predicted molar refractivity (Wildman–Crippen MR) is 76.4 cm³/mol. The summed E-state index contributed by atoms with van der Waals surface area (Å²) in [4.78, 5) is 14.0. The summed E-state index contributed by atoms with van der Waals surface area (Å²) in [5.74, 6) is 0.766. The summed E-state index contributed by atoms with van der Waals surface area (Å²) in [5.41, 5.74) is 2.07. The number of hydrogen-bond acceptors (Lipinski definition) is 3. The van der Waals surface area contributed by atoms with Gasteiger partial charge in [0.25, 0.3) is 5.91 Å². The van der Waals surface area contributed by atoms with E-state index in [2.05, 4.69) is 6.07 Å². The molecule has 0 radical (unpaired) electrons. The van der Waals surface area contributed by atoms with Crippen LogP contribution in [0.15, 0.2) is 18.2 Å². The molecule has 0 spiro atoms. The SMILES string of the molecule is Cc1cccc(C)c1OCC(=O)N(CCC#N)C1CC1. The first-order valence-corrected chi connectivity index (χ1v) is 6.99. The van der Waals surface area contributed by atoms with E-state index < -0.39 is 0 Å². The normalized spacial score (nSPS) is 13.7. The van der Waals surface area contributed by atoms with E-state index >= 15 is 0 Å². The van der Waals surface area contributed by atoms with Gasteiger partial charge in [0, 0.05) is 12.6 Å². The van der Waals surface area contributed by atoms with Crippen molar-refractivity contribution in [1.29, 1.82) is 5.26 Å². The van der Waals surface area contributed by atoms with Gasteiger partial charge in [-0.2, -0.15) is 5.26 Å². The van der Waals surface area contributed by atoms with E-state index in [1.54, 1.807) is 4.90 Å². The van der Waals surface area contributed by atoms with Gasteiger partial charge in [0.05, 0.1) is 12.5 Å². The predicted octanol–water partition coefficient (Wildman–Crippen LogP) is 2.59. The fraction of sp³-hybridized carbons (Fsp3) is 0.500. The monoisotopic (exact) mass is 272 g/mol. The average Bonchev–Trinajstić information content (AvgIpc) is 3.23. The van der Waals surface area contributed by atoms with E-state index in [1.165, 1.54) is 0 Å². The zero-order chi connectivity index (χ0) is 14.5.